The number of benzene rings is 1. The zero-order valence-corrected chi connectivity index (χ0v) is 11.4. The first-order valence-corrected chi connectivity index (χ1v) is 6.16. The van der Waals surface area contributed by atoms with Crippen LogP contribution in [0.3, 0.4) is 0 Å². The molecular weight excluding hydrogens is 292 g/mol. The molecule has 0 saturated heterocycles. The fraction of sp³-hybridized carbons (Fsp3) is 0. The Labute approximate surface area is 125 Å². The fourth-order valence-corrected chi connectivity index (χ4v) is 2.00. The Kier molecular flexibility index (Phi) is 4.16. The Morgan fingerprint density at radius 2 is 2.14 bits per heavy atom. The van der Waals surface area contributed by atoms with E-state index in [-0.39, 0.29) is 22.0 Å². The molecule has 0 spiro atoms. The zero-order chi connectivity index (χ0) is 15.4. The minimum atomic E-state index is -0.571. The van der Waals surface area contributed by atoms with Crippen molar-refractivity contribution in [2.45, 2.75) is 0 Å². The van der Waals surface area contributed by atoms with Gasteiger partial charge in [-0.2, -0.15) is 5.26 Å². The number of allylic oxidation sites excluding steroid dienone is 1. The van der Waals surface area contributed by atoms with Gasteiger partial charge in [0.15, 0.2) is 0 Å². The van der Waals surface area contributed by atoms with Crippen LogP contribution in [0.2, 0.25) is 5.02 Å². The van der Waals surface area contributed by atoms with E-state index in [1.807, 2.05) is 6.07 Å². The van der Waals surface area contributed by atoms with E-state index in [0.717, 1.165) is 0 Å². The summed E-state index contributed by atoms with van der Waals surface area (Å²) in [5.74, 6) is 0. The SMILES string of the molecule is N#C/C(=C(/N)c1cc(Cl)cc([N+](=O)[O-])c1)c1cccnc1. The summed E-state index contributed by atoms with van der Waals surface area (Å²) in [6.45, 7) is 0. The van der Waals surface area contributed by atoms with E-state index in [1.165, 1.54) is 24.4 Å². The number of aromatic nitrogens is 1. The minimum Gasteiger partial charge on any atom is -0.397 e. The first-order valence-electron chi connectivity index (χ1n) is 5.78. The molecule has 0 aliphatic heterocycles. The molecule has 1 heterocycles. The lowest BCUT2D eigenvalue weighted by Gasteiger charge is -2.06. The van der Waals surface area contributed by atoms with Gasteiger partial charge in [0.2, 0.25) is 0 Å². The summed E-state index contributed by atoms with van der Waals surface area (Å²) in [4.78, 5) is 14.2. The number of rotatable bonds is 3. The monoisotopic (exact) mass is 300 g/mol. The van der Waals surface area contributed by atoms with Crippen LogP contribution in [0, 0.1) is 21.4 Å². The normalized spacial score (nSPS) is 11.4. The molecule has 7 heteroatoms. The second-order valence-corrected chi connectivity index (χ2v) is 4.53. The third-order valence-electron chi connectivity index (χ3n) is 2.74. The Morgan fingerprint density at radius 1 is 1.38 bits per heavy atom. The number of nitrogens with zero attached hydrogens (tertiary/aromatic N) is 3. The quantitative estimate of drug-likeness (QED) is 0.533. The second-order valence-electron chi connectivity index (χ2n) is 4.10. The molecule has 0 amide bonds. The summed E-state index contributed by atoms with van der Waals surface area (Å²) in [5.41, 5.74) is 6.91. The lowest BCUT2D eigenvalue weighted by atomic mass is 10.0. The zero-order valence-electron chi connectivity index (χ0n) is 10.7. The number of nitrogens with two attached hydrogens (primary N) is 1. The molecule has 2 N–H and O–H groups in total. The van der Waals surface area contributed by atoms with Gasteiger partial charge in [-0.05, 0) is 12.1 Å². The molecule has 0 aliphatic rings. The molecule has 21 heavy (non-hydrogen) atoms. The van der Waals surface area contributed by atoms with Crippen LogP contribution >= 0.6 is 11.6 Å². The van der Waals surface area contributed by atoms with E-state index in [9.17, 15) is 15.4 Å². The van der Waals surface area contributed by atoms with Crippen molar-refractivity contribution in [3.05, 3.63) is 69.0 Å². The molecule has 0 saturated carbocycles. The lowest BCUT2D eigenvalue weighted by Crippen LogP contribution is -2.02. The molecule has 104 valence electrons. The summed E-state index contributed by atoms with van der Waals surface area (Å²) in [6.07, 6.45) is 3.06. The van der Waals surface area contributed by atoms with E-state index in [0.29, 0.717) is 11.1 Å². The number of hydrogen-bond donors (Lipinski definition) is 1. The van der Waals surface area contributed by atoms with Gasteiger partial charge in [0.05, 0.1) is 16.2 Å². The van der Waals surface area contributed by atoms with Crippen LogP contribution in [0.5, 0.6) is 0 Å². The van der Waals surface area contributed by atoms with E-state index in [4.69, 9.17) is 17.3 Å². The standard InChI is InChI=1S/C14H9ClN4O2/c15-11-4-10(5-12(6-11)19(20)21)14(17)13(7-16)9-2-1-3-18-8-9/h1-6,8H,17H2/b14-13-. The van der Waals surface area contributed by atoms with Crippen LogP contribution in [0.4, 0.5) is 5.69 Å². The second kappa shape index (κ2) is 6.03. The first kappa shape index (κ1) is 14.5. The van der Waals surface area contributed by atoms with Crippen LogP contribution in [-0.4, -0.2) is 9.91 Å². The van der Waals surface area contributed by atoms with Gasteiger partial charge in [-0.25, -0.2) is 0 Å². The number of nitro benzene ring substituents is 1. The van der Waals surface area contributed by atoms with Gasteiger partial charge in [-0.1, -0.05) is 17.7 Å². The Hall–Kier alpha value is -2.91. The predicted octanol–water partition coefficient (Wildman–Crippen LogP) is 2.99. The van der Waals surface area contributed by atoms with Crippen molar-refractivity contribution in [3.8, 4) is 6.07 Å². The first-order chi connectivity index (χ1) is 10.0. The molecule has 0 aliphatic carbocycles. The summed E-state index contributed by atoms with van der Waals surface area (Å²) in [7, 11) is 0. The molecule has 6 nitrogen and oxygen atoms in total. The van der Waals surface area contributed by atoms with Crippen LogP contribution in [-0.2, 0) is 0 Å². The van der Waals surface area contributed by atoms with E-state index in [1.54, 1.807) is 18.3 Å². The maximum absolute atomic E-state index is 10.9. The fourth-order valence-electron chi connectivity index (χ4n) is 1.77. The van der Waals surface area contributed by atoms with E-state index < -0.39 is 4.92 Å². The Balaban J connectivity index is 2.61. The van der Waals surface area contributed by atoms with Gasteiger partial charge in [0, 0.05) is 40.7 Å². The molecule has 1 aromatic carbocycles. The van der Waals surface area contributed by atoms with Crippen LogP contribution < -0.4 is 5.73 Å². The predicted molar refractivity (Wildman–Crippen MR) is 79.0 cm³/mol. The number of halogens is 1. The van der Waals surface area contributed by atoms with Gasteiger partial charge >= 0.3 is 0 Å². The highest BCUT2D eigenvalue weighted by Crippen LogP contribution is 2.27. The highest BCUT2D eigenvalue weighted by Gasteiger charge is 2.14. The minimum absolute atomic E-state index is 0.108. The summed E-state index contributed by atoms with van der Waals surface area (Å²) in [6, 6.07) is 9.29. The van der Waals surface area contributed by atoms with Crippen molar-refractivity contribution in [2.75, 3.05) is 0 Å². The molecule has 0 atom stereocenters. The Bertz CT molecular complexity index is 766. The van der Waals surface area contributed by atoms with Crippen LogP contribution in [0.25, 0.3) is 11.3 Å². The maximum atomic E-state index is 10.9. The molecule has 0 unspecified atom stereocenters. The van der Waals surface area contributed by atoms with Crippen molar-refractivity contribution < 1.29 is 4.92 Å². The topological polar surface area (TPSA) is 106 Å². The molecule has 0 fully saturated rings. The van der Waals surface area contributed by atoms with Gasteiger partial charge in [-0.3, -0.25) is 15.1 Å². The summed E-state index contributed by atoms with van der Waals surface area (Å²) < 4.78 is 0. The van der Waals surface area contributed by atoms with Crippen LogP contribution in [0.1, 0.15) is 11.1 Å². The van der Waals surface area contributed by atoms with Crippen molar-refractivity contribution in [1.82, 2.24) is 4.98 Å². The average Bonchev–Trinajstić information content (AvgIpc) is 2.48. The van der Waals surface area contributed by atoms with Gasteiger partial charge < -0.3 is 5.73 Å². The highest BCUT2D eigenvalue weighted by atomic mass is 35.5. The Morgan fingerprint density at radius 3 is 2.71 bits per heavy atom. The van der Waals surface area contributed by atoms with E-state index in [2.05, 4.69) is 4.98 Å². The van der Waals surface area contributed by atoms with Gasteiger partial charge in [0.25, 0.3) is 5.69 Å². The number of hydrogen-bond acceptors (Lipinski definition) is 5. The molecule has 0 radical (unpaired) electrons. The number of nitro groups is 1. The van der Waals surface area contributed by atoms with Crippen molar-refractivity contribution in [1.29, 1.82) is 5.26 Å². The van der Waals surface area contributed by atoms with Crippen molar-refractivity contribution >= 4 is 28.6 Å². The largest absolute Gasteiger partial charge is 0.397 e. The molecule has 1 aromatic heterocycles. The van der Waals surface area contributed by atoms with E-state index >= 15 is 0 Å². The van der Waals surface area contributed by atoms with Crippen LogP contribution in [0.15, 0.2) is 42.7 Å². The average molecular weight is 301 g/mol. The summed E-state index contributed by atoms with van der Waals surface area (Å²) in [5, 5.41) is 20.3. The third kappa shape index (κ3) is 3.16. The smallest absolute Gasteiger partial charge is 0.271 e. The number of nitriles is 1. The maximum Gasteiger partial charge on any atom is 0.271 e. The summed E-state index contributed by atoms with van der Waals surface area (Å²) >= 11 is 5.85. The van der Waals surface area contributed by atoms with Gasteiger partial charge in [0.1, 0.15) is 6.07 Å². The third-order valence-corrected chi connectivity index (χ3v) is 2.95. The highest BCUT2D eigenvalue weighted by molar-refractivity contribution is 6.31. The van der Waals surface area contributed by atoms with Crippen molar-refractivity contribution in [2.24, 2.45) is 5.73 Å². The van der Waals surface area contributed by atoms with Gasteiger partial charge in [-0.15, -0.1) is 0 Å². The number of pyridine rings is 1. The molecule has 2 rings (SSSR count). The molecule has 0 bridgehead atoms. The molecular formula is C14H9ClN4O2. The molecule has 2 aromatic rings. The number of non-ortho nitro benzene ring substituents is 1. The van der Waals surface area contributed by atoms with Crippen molar-refractivity contribution in [3.63, 3.8) is 0 Å². The lowest BCUT2D eigenvalue weighted by molar-refractivity contribution is -0.384.